The van der Waals surface area contributed by atoms with Crippen molar-refractivity contribution in [3.63, 3.8) is 0 Å². The summed E-state index contributed by atoms with van der Waals surface area (Å²) in [6, 6.07) is 7.61. The first-order valence-electron chi connectivity index (χ1n) is 7.35. The summed E-state index contributed by atoms with van der Waals surface area (Å²) in [6.07, 6.45) is 5.78. The van der Waals surface area contributed by atoms with Crippen molar-refractivity contribution < 1.29 is 4.42 Å². The summed E-state index contributed by atoms with van der Waals surface area (Å²) in [4.78, 5) is 20.2. The van der Waals surface area contributed by atoms with Crippen molar-refractivity contribution in [2.75, 3.05) is 5.32 Å². The van der Waals surface area contributed by atoms with Crippen LogP contribution in [0.25, 0.3) is 11.2 Å². The van der Waals surface area contributed by atoms with Crippen LogP contribution in [0.3, 0.4) is 0 Å². The lowest BCUT2D eigenvalue weighted by atomic mass is 10.2. The molecule has 24 heavy (non-hydrogen) atoms. The zero-order valence-electron chi connectivity index (χ0n) is 12.5. The maximum atomic E-state index is 6.01. The van der Waals surface area contributed by atoms with E-state index in [-0.39, 0.29) is 5.28 Å². The number of anilines is 1. The standard InChI is InChI=1S/C16H13ClN6O/c17-16-22-14(19-9-11-2-1-7-24-11)13-15(23-16)21-12(20-13)8-10-3-5-18-6-4-10/h1-7H,8-9H2,(H2,19,20,21,22,23). The van der Waals surface area contributed by atoms with Crippen molar-refractivity contribution in [2.45, 2.75) is 13.0 Å². The van der Waals surface area contributed by atoms with E-state index in [1.54, 1.807) is 18.7 Å². The number of furan rings is 1. The molecule has 0 radical (unpaired) electrons. The van der Waals surface area contributed by atoms with Gasteiger partial charge in [-0.2, -0.15) is 9.97 Å². The molecule has 0 saturated carbocycles. The molecule has 0 bridgehead atoms. The second kappa shape index (κ2) is 6.29. The number of pyridine rings is 1. The molecule has 2 N–H and O–H groups in total. The van der Waals surface area contributed by atoms with Gasteiger partial charge in [0.2, 0.25) is 5.28 Å². The Kier molecular flexibility index (Phi) is 3.84. The Balaban J connectivity index is 1.64. The average Bonchev–Trinajstić information content (AvgIpc) is 3.22. The van der Waals surface area contributed by atoms with Crippen LogP contribution in [0.5, 0.6) is 0 Å². The van der Waals surface area contributed by atoms with Gasteiger partial charge in [-0.15, -0.1) is 0 Å². The number of aromatic nitrogens is 5. The fourth-order valence-electron chi connectivity index (χ4n) is 2.41. The molecule has 0 aliphatic carbocycles. The van der Waals surface area contributed by atoms with Crippen LogP contribution in [-0.2, 0) is 13.0 Å². The topological polar surface area (TPSA) is 92.5 Å². The molecule has 0 spiro atoms. The fourth-order valence-corrected chi connectivity index (χ4v) is 2.57. The molecule has 4 rings (SSSR count). The van der Waals surface area contributed by atoms with E-state index in [1.165, 1.54) is 0 Å². The number of hydrogen-bond acceptors (Lipinski definition) is 6. The minimum Gasteiger partial charge on any atom is -0.467 e. The summed E-state index contributed by atoms with van der Waals surface area (Å²) in [5.74, 6) is 2.18. The first-order valence-corrected chi connectivity index (χ1v) is 7.73. The molecular weight excluding hydrogens is 328 g/mol. The van der Waals surface area contributed by atoms with Crippen molar-refractivity contribution in [3.05, 3.63) is 65.4 Å². The SMILES string of the molecule is Clc1nc(NCc2ccco2)c2[nH]c(Cc3ccncc3)nc2n1. The molecule has 0 unspecified atom stereocenters. The summed E-state index contributed by atoms with van der Waals surface area (Å²) in [5.41, 5.74) is 2.35. The van der Waals surface area contributed by atoms with Gasteiger partial charge in [-0.3, -0.25) is 4.98 Å². The van der Waals surface area contributed by atoms with Crippen molar-refractivity contribution in [3.8, 4) is 0 Å². The number of aromatic amines is 1. The molecular formula is C16H13ClN6O. The van der Waals surface area contributed by atoms with Gasteiger partial charge in [0.15, 0.2) is 11.5 Å². The van der Waals surface area contributed by atoms with Gasteiger partial charge in [-0.05, 0) is 41.4 Å². The molecule has 0 atom stereocenters. The first-order chi connectivity index (χ1) is 11.8. The highest BCUT2D eigenvalue weighted by Crippen LogP contribution is 2.21. The molecule has 7 nitrogen and oxygen atoms in total. The van der Waals surface area contributed by atoms with E-state index in [4.69, 9.17) is 16.0 Å². The Hall–Kier alpha value is -2.93. The molecule has 0 aliphatic heterocycles. The van der Waals surface area contributed by atoms with Crippen LogP contribution in [-0.4, -0.2) is 24.9 Å². The van der Waals surface area contributed by atoms with E-state index >= 15 is 0 Å². The molecule has 0 aromatic carbocycles. The highest BCUT2D eigenvalue weighted by Gasteiger charge is 2.12. The maximum Gasteiger partial charge on any atom is 0.226 e. The highest BCUT2D eigenvalue weighted by molar-refractivity contribution is 6.28. The number of hydrogen-bond donors (Lipinski definition) is 2. The summed E-state index contributed by atoms with van der Waals surface area (Å²) in [6.45, 7) is 0.494. The number of halogens is 1. The maximum absolute atomic E-state index is 6.01. The minimum absolute atomic E-state index is 0.145. The zero-order chi connectivity index (χ0) is 16.4. The summed E-state index contributed by atoms with van der Waals surface area (Å²) >= 11 is 6.01. The Morgan fingerprint density at radius 1 is 1.12 bits per heavy atom. The summed E-state index contributed by atoms with van der Waals surface area (Å²) in [5, 5.41) is 3.34. The Morgan fingerprint density at radius 3 is 2.79 bits per heavy atom. The molecule has 8 heteroatoms. The molecule has 4 aromatic heterocycles. The van der Waals surface area contributed by atoms with Crippen LogP contribution in [0, 0.1) is 0 Å². The molecule has 0 aliphatic rings. The van der Waals surface area contributed by atoms with Crippen molar-refractivity contribution >= 4 is 28.6 Å². The van der Waals surface area contributed by atoms with Gasteiger partial charge in [0.25, 0.3) is 0 Å². The van der Waals surface area contributed by atoms with Crippen LogP contribution in [0.1, 0.15) is 17.1 Å². The molecule has 0 amide bonds. The Bertz CT molecular complexity index is 952. The van der Waals surface area contributed by atoms with Crippen LogP contribution < -0.4 is 5.32 Å². The van der Waals surface area contributed by atoms with Gasteiger partial charge < -0.3 is 14.7 Å². The zero-order valence-corrected chi connectivity index (χ0v) is 13.3. The molecule has 0 saturated heterocycles. The van der Waals surface area contributed by atoms with Crippen molar-refractivity contribution in [1.82, 2.24) is 24.9 Å². The van der Waals surface area contributed by atoms with Gasteiger partial charge in [0.05, 0.1) is 12.8 Å². The van der Waals surface area contributed by atoms with Crippen LogP contribution in [0.4, 0.5) is 5.82 Å². The summed E-state index contributed by atoms with van der Waals surface area (Å²) in [7, 11) is 0. The monoisotopic (exact) mass is 340 g/mol. The number of rotatable bonds is 5. The van der Waals surface area contributed by atoms with E-state index < -0.39 is 0 Å². The second-order valence-corrected chi connectivity index (χ2v) is 5.53. The fraction of sp³-hybridized carbons (Fsp3) is 0.125. The number of nitrogens with one attached hydrogen (secondary N) is 2. The highest BCUT2D eigenvalue weighted by atomic mass is 35.5. The quantitative estimate of drug-likeness (QED) is 0.542. The Morgan fingerprint density at radius 2 is 2.00 bits per heavy atom. The third kappa shape index (κ3) is 3.07. The van der Waals surface area contributed by atoms with Crippen molar-refractivity contribution in [1.29, 1.82) is 0 Å². The van der Waals surface area contributed by atoms with Gasteiger partial charge >= 0.3 is 0 Å². The molecule has 0 fully saturated rings. The predicted molar refractivity (Wildman–Crippen MR) is 89.8 cm³/mol. The number of fused-ring (bicyclic) bond motifs is 1. The lowest BCUT2D eigenvalue weighted by Crippen LogP contribution is -2.02. The number of H-pyrrole nitrogens is 1. The van der Waals surface area contributed by atoms with E-state index in [2.05, 4.69) is 30.2 Å². The van der Waals surface area contributed by atoms with Crippen LogP contribution >= 0.6 is 11.6 Å². The first kappa shape index (κ1) is 14.6. The normalized spacial score (nSPS) is 11.0. The van der Waals surface area contributed by atoms with E-state index in [1.807, 2.05) is 24.3 Å². The van der Waals surface area contributed by atoms with E-state index in [9.17, 15) is 0 Å². The van der Waals surface area contributed by atoms with Gasteiger partial charge in [0, 0.05) is 18.8 Å². The van der Waals surface area contributed by atoms with Crippen molar-refractivity contribution in [2.24, 2.45) is 0 Å². The largest absolute Gasteiger partial charge is 0.467 e. The lowest BCUT2D eigenvalue weighted by Gasteiger charge is -2.04. The molecule has 120 valence electrons. The molecule has 4 heterocycles. The number of nitrogens with zero attached hydrogens (tertiary/aromatic N) is 4. The lowest BCUT2D eigenvalue weighted by molar-refractivity contribution is 0.518. The van der Waals surface area contributed by atoms with Gasteiger partial charge in [-0.1, -0.05) is 0 Å². The number of imidazole rings is 1. The Labute approximate surface area is 142 Å². The van der Waals surface area contributed by atoms with Gasteiger partial charge in [-0.25, -0.2) is 4.98 Å². The summed E-state index contributed by atoms with van der Waals surface area (Å²) < 4.78 is 5.31. The van der Waals surface area contributed by atoms with Gasteiger partial charge in [0.1, 0.15) is 17.1 Å². The predicted octanol–water partition coefficient (Wildman–Crippen LogP) is 3.20. The minimum atomic E-state index is 0.145. The van der Waals surface area contributed by atoms with Crippen LogP contribution in [0.2, 0.25) is 5.28 Å². The third-order valence-electron chi connectivity index (χ3n) is 3.50. The third-order valence-corrected chi connectivity index (χ3v) is 3.67. The molecule has 4 aromatic rings. The smallest absolute Gasteiger partial charge is 0.226 e. The van der Waals surface area contributed by atoms with E-state index in [0.717, 1.165) is 22.7 Å². The van der Waals surface area contributed by atoms with E-state index in [0.29, 0.717) is 24.4 Å². The average molecular weight is 341 g/mol. The second-order valence-electron chi connectivity index (χ2n) is 5.19. The van der Waals surface area contributed by atoms with Crippen LogP contribution in [0.15, 0.2) is 47.3 Å².